The highest BCUT2D eigenvalue weighted by atomic mass is 16.5. The lowest BCUT2D eigenvalue weighted by Crippen LogP contribution is -2.45. The molecule has 1 heterocycles. The minimum absolute atomic E-state index is 0.0103. The van der Waals surface area contributed by atoms with Crippen LogP contribution < -0.4 is 20.1 Å². The molecule has 0 aromatic heterocycles. The molecule has 2 N–H and O–H groups in total. The van der Waals surface area contributed by atoms with E-state index in [2.05, 4.69) is 33.5 Å². The zero-order valence-electron chi connectivity index (χ0n) is 20.4. The number of amides is 1. The quantitative estimate of drug-likeness (QED) is 0.290. The molecule has 1 saturated heterocycles. The van der Waals surface area contributed by atoms with Crippen molar-refractivity contribution in [3.05, 3.63) is 23.8 Å². The molecule has 1 fully saturated rings. The van der Waals surface area contributed by atoms with E-state index in [1.807, 2.05) is 19.1 Å². The molecule has 1 aromatic carbocycles. The van der Waals surface area contributed by atoms with Gasteiger partial charge in [-0.1, -0.05) is 13.0 Å². The van der Waals surface area contributed by atoms with Crippen LogP contribution in [0, 0.1) is 0 Å². The predicted molar refractivity (Wildman–Crippen MR) is 130 cm³/mol. The molecule has 0 bridgehead atoms. The molecule has 0 spiro atoms. The number of likely N-dealkylation sites (N-methyl/N-ethyl adjacent to an activating group) is 2. The van der Waals surface area contributed by atoms with Gasteiger partial charge in [0, 0.05) is 33.2 Å². The Morgan fingerprint density at radius 3 is 2.75 bits per heavy atom. The summed E-state index contributed by atoms with van der Waals surface area (Å²) in [5.74, 6) is 2.23. The van der Waals surface area contributed by atoms with E-state index in [9.17, 15) is 4.79 Å². The third kappa shape index (κ3) is 8.22. The van der Waals surface area contributed by atoms with Gasteiger partial charge in [0.25, 0.3) is 0 Å². The van der Waals surface area contributed by atoms with Crippen molar-refractivity contribution in [1.29, 1.82) is 0 Å². The predicted octanol–water partition coefficient (Wildman–Crippen LogP) is 2.13. The number of ether oxygens (including phenoxy) is 2. The van der Waals surface area contributed by atoms with Gasteiger partial charge in [0.05, 0.1) is 13.7 Å². The summed E-state index contributed by atoms with van der Waals surface area (Å²) < 4.78 is 11.0. The van der Waals surface area contributed by atoms with Gasteiger partial charge in [-0.3, -0.25) is 9.69 Å². The second-order valence-corrected chi connectivity index (χ2v) is 8.21. The van der Waals surface area contributed by atoms with Gasteiger partial charge in [-0.05, 0) is 63.4 Å². The monoisotopic (exact) mass is 447 g/mol. The van der Waals surface area contributed by atoms with Crippen LogP contribution in [-0.2, 0) is 11.2 Å². The number of methoxy groups -OCH3 is 1. The molecule has 0 aliphatic carbocycles. The first-order valence-corrected chi connectivity index (χ1v) is 11.7. The number of aryl methyl sites for hydroxylation is 1. The topological polar surface area (TPSA) is 78.4 Å². The van der Waals surface area contributed by atoms with E-state index in [1.54, 1.807) is 26.1 Å². The molecule has 32 heavy (non-hydrogen) atoms. The van der Waals surface area contributed by atoms with Crippen molar-refractivity contribution in [2.45, 2.75) is 45.6 Å². The molecule has 1 aromatic rings. The number of carbonyl (C=O) groups is 1. The Hall–Kier alpha value is -2.48. The largest absolute Gasteiger partial charge is 0.493 e. The van der Waals surface area contributed by atoms with E-state index in [1.165, 1.54) is 18.4 Å². The number of rotatable bonds is 12. The van der Waals surface area contributed by atoms with Crippen molar-refractivity contribution in [2.75, 3.05) is 60.5 Å². The van der Waals surface area contributed by atoms with Gasteiger partial charge in [-0.2, -0.15) is 0 Å². The van der Waals surface area contributed by atoms with Gasteiger partial charge < -0.3 is 25.0 Å². The summed E-state index contributed by atoms with van der Waals surface area (Å²) in [6, 6.07) is 6.60. The third-order valence-corrected chi connectivity index (χ3v) is 5.74. The van der Waals surface area contributed by atoms with Gasteiger partial charge in [0.15, 0.2) is 17.5 Å². The standard InChI is InChI=1S/C24H41N5O3/c1-6-29-15-9-11-20(29)17-26-24(27-18-23(30)28(3)4)25-14-8-10-19-12-13-21(31-5)22(16-19)32-7-2/h12-13,16,20H,6-11,14-15,17-18H2,1-5H3,(H2,25,26,27). The summed E-state index contributed by atoms with van der Waals surface area (Å²) in [6.45, 7) is 8.75. The summed E-state index contributed by atoms with van der Waals surface area (Å²) in [6.07, 6.45) is 4.28. The maximum absolute atomic E-state index is 12.0. The van der Waals surface area contributed by atoms with Crippen LogP contribution in [0.25, 0.3) is 0 Å². The van der Waals surface area contributed by atoms with Crippen LogP contribution in [0.2, 0.25) is 0 Å². The summed E-state index contributed by atoms with van der Waals surface area (Å²) in [5.41, 5.74) is 1.20. The fourth-order valence-corrected chi connectivity index (χ4v) is 3.86. The first kappa shape index (κ1) is 25.8. The smallest absolute Gasteiger partial charge is 0.243 e. The molecule has 0 radical (unpaired) electrons. The van der Waals surface area contributed by atoms with Crippen LogP contribution in [-0.4, -0.2) is 88.2 Å². The lowest BCUT2D eigenvalue weighted by atomic mass is 10.1. The maximum atomic E-state index is 12.0. The number of hydrogen-bond donors (Lipinski definition) is 2. The number of nitrogens with zero attached hydrogens (tertiary/aromatic N) is 3. The SMILES string of the molecule is CCOc1cc(CCCNC(=NCC(=O)N(C)C)NCC2CCCN2CC)ccc1OC. The number of guanidine groups is 1. The fourth-order valence-electron chi connectivity index (χ4n) is 3.86. The van der Waals surface area contributed by atoms with E-state index in [0.717, 1.165) is 50.5 Å². The molecule has 1 unspecified atom stereocenters. The Kier molecular flexibility index (Phi) is 11.1. The lowest BCUT2D eigenvalue weighted by Gasteiger charge is -2.24. The molecule has 1 amide bonds. The average molecular weight is 448 g/mol. The molecule has 8 nitrogen and oxygen atoms in total. The van der Waals surface area contributed by atoms with E-state index >= 15 is 0 Å². The summed E-state index contributed by atoms with van der Waals surface area (Å²) >= 11 is 0. The first-order chi connectivity index (χ1) is 15.5. The average Bonchev–Trinajstić information content (AvgIpc) is 3.25. The molecule has 1 atom stereocenters. The number of likely N-dealkylation sites (tertiary alicyclic amines) is 1. The van der Waals surface area contributed by atoms with Crippen molar-refractivity contribution in [3.8, 4) is 11.5 Å². The van der Waals surface area contributed by atoms with Gasteiger partial charge in [0.2, 0.25) is 5.91 Å². The van der Waals surface area contributed by atoms with Crippen molar-refractivity contribution < 1.29 is 14.3 Å². The molecular formula is C24H41N5O3. The minimum Gasteiger partial charge on any atom is -0.493 e. The second-order valence-electron chi connectivity index (χ2n) is 8.21. The van der Waals surface area contributed by atoms with Crippen molar-refractivity contribution >= 4 is 11.9 Å². The summed E-state index contributed by atoms with van der Waals surface area (Å²) in [7, 11) is 5.16. The minimum atomic E-state index is -0.0103. The van der Waals surface area contributed by atoms with Gasteiger partial charge in [-0.25, -0.2) is 4.99 Å². The van der Waals surface area contributed by atoms with E-state index in [0.29, 0.717) is 18.6 Å². The van der Waals surface area contributed by atoms with E-state index in [4.69, 9.17) is 9.47 Å². The summed E-state index contributed by atoms with van der Waals surface area (Å²) in [4.78, 5) is 20.6. The zero-order chi connectivity index (χ0) is 23.3. The van der Waals surface area contributed by atoms with Crippen LogP contribution in [0.4, 0.5) is 0 Å². The number of benzene rings is 1. The Balaban J connectivity index is 1.89. The highest BCUT2D eigenvalue weighted by Gasteiger charge is 2.22. The van der Waals surface area contributed by atoms with Crippen molar-refractivity contribution in [3.63, 3.8) is 0 Å². The van der Waals surface area contributed by atoms with Gasteiger partial charge in [0.1, 0.15) is 6.54 Å². The Morgan fingerprint density at radius 1 is 1.25 bits per heavy atom. The molecular weight excluding hydrogens is 406 g/mol. The number of aliphatic imine (C=N–C) groups is 1. The van der Waals surface area contributed by atoms with Gasteiger partial charge >= 0.3 is 0 Å². The molecule has 8 heteroatoms. The maximum Gasteiger partial charge on any atom is 0.243 e. The molecule has 0 saturated carbocycles. The first-order valence-electron chi connectivity index (χ1n) is 11.7. The van der Waals surface area contributed by atoms with Crippen LogP contribution in [0.3, 0.4) is 0 Å². The molecule has 2 rings (SSSR count). The second kappa shape index (κ2) is 13.8. The van der Waals surface area contributed by atoms with Crippen LogP contribution >= 0.6 is 0 Å². The molecule has 180 valence electrons. The van der Waals surface area contributed by atoms with Crippen LogP contribution in [0.15, 0.2) is 23.2 Å². The fraction of sp³-hybridized carbons (Fsp3) is 0.667. The van der Waals surface area contributed by atoms with E-state index in [-0.39, 0.29) is 12.5 Å². The number of hydrogen-bond acceptors (Lipinski definition) is 5. The normalized spacial score (nSPS) is 16.7. The lowest BCUT2D eigenvalue weighted by molar-refractivity contribution is -0.127. The van der Waals surface area contributed by atoms with Crippen LogP contribution in [0.5, 0.6) is 11.5 Å². The van der Waals surface area contributed by atoms with Crippen molar-refractivity contribution in [1.82, 2.24) is 20.4 Å². The zero-order valence-corrected chi connectivity index (χ0v) is 20.4. The van der Waals surface area contributed by atoms with E-state index < -0.39 is 0 Å². The van der Waals surface area contributed by atoms with Gasteiger partial charge in [-0.15, -0.1) is 0 Å². The van der Waals surface area contributed by atoms with Crippen molar-refractivity contribution in [2.24, 2.45) is 4.99 Å². The Morgan fingerprint density at radius 2 is 2.06 bits per heavy atom. The number of nitrogens with one attached hydrogen (secondary N) is 2. The third-order valence-electron chi connectivity index (χ3n) is 5.74. The highest BCUT2D eigenvalue weighted by Crippen LogP contribution is 2.28. The number of carbonyl (C=O) groups excluding carboxylic acids is 1. The van der Waals surface area contributed by atoms with Crippen LogP contribution in [0.1, 0.15) is 38.7 Å². The Bertz CT molecular complexity index is 738. The molecule has 1 aliphatic heterocycles. The summed E-state index contributed by atoms with van der Waals surface area (Å²) in [5, 5.41) is 6.85. The highest BCUT2D eigenvalue weighted by molar-refractivity contribution is 5.84. The molecule has 1 aliphatic rings. The Labute approximate surface area is 193 Å².